The van der Waals surface area contributed by atoms with Gasteiger partial charge in [0.05, 0.1) is 5.54 Å². The third kappa shape index (κ3) is 3.60. The minimum absolute atomic E-state index is 0.0388. The third-order valence-corrected chi connectivity index (χ3v) is 5.83. The second kappa shape index (κ2) is 6.40. The number of nitrogens with one attached hydrogen (secondary N) is 1. The van der Waals surface area contributed by atoms with Crippen LogP contribution in [0.2, 0.25) is 0 Å². The molecular weight excluding hydrogens is 370 g/mol. The van der Waals surface area contributed by atoms with Crippen molar-refractivity contribution < 1.29 is 4.79 Å². The average Bonchev–Trinajstić information content (AvgIpc) is 2.43. The van der Waals surface area contributed by atoms with E-state index in [9.17, 15) is 4.79 Å². The van der Waals surface area contributed by atoms with Crippen LogP contribution >= 0.6 is 31.9 Å². The van der Waals surface area contributed by atoms with E-state index in [1.54, 1.807) is 0 Å². The Morgan fingerprint density at radius 3 is 2.58 bits per heavy atom. The molecule has 1 amide bonds. The fourth-order valence-corrected chi connectivity index (χ4v) is 3.57. The monoisotopic (exact) mass is 387 g/mol. The lowest BCUT2D eigenvalue weighted by molar-refractivity contribution is 0.0886. The summed E-state index contributed by atoms with van der Waals surface area (Å²) >= 11 is 7.04. The highest BCUT2D eigenvalue weighted by Gasteiger charge is 2.32. The Labute approximate surface area is 131 Å². The van der Waals surface area contributed by atoms with Crippen molar-refractivity contribution in [3.05, 3.63) is 33.8 Å². The normalized spacial score (nSPS) is 18.1. The molecule has 19 heavy (non-hydrogen) atoms. The summed E-state index contributed by atoms with van der Waals surface area (Å²) in [6.45, 7) is 2.00. The minimum Gasteiger partial charge on any atom is -0.346 e. The second-order valence-electron chi connectivity index (χ2n) is 5.39. The van der Waals surface area contributed by atoms with Crippen molar-refractivity contribution in [1.29, 1.82) is 0 Å². The molecule has 0 bridgehead atoms. The zero-order valence-corrected chi connectivity index (χ0v) is 14.3. The first-order valence-electron chi connectivity index (χ1n) is 6.71. The molecule has 0 aromatic heterocycles. The van der Waals surface area contributed by atoms with Crippen LogP contribution in [0.4, 0.5) is 0 Å². The number of carbonyl (C=O) groups is 1. The van der Waals surface area contributed by atoms with Gasteiger partial charge < -0.3 is 5.32 Å². The molecule has 1 aromatic rings. The fourth-order valence-electron chi connectivity index (χ4n) is 2.62. The molecule has 0 saturated heterocycles. The number of hydrogen-bond acceptors (Lipinski definition) is 1. The van der Waals surface area contributed by atoms with Gasteiger partial charge in [0.2, 0.25) is 0 Å². The van der Waals surface area contributed by atoms with Gasteiger partial charge in [-0.1, -0.05) is 51.1 Å². The molecule has 0 spiro atoms. The van der Waals surface area contributed by atoms with Gasteiger partial charge in [-0.05, 0) is 43.5 Å². The molecule has 1 N–H and O–H groups in total. The highest BCUT2D eigenvalue weighted by molar-refractivity contribution is 9.10. The van der Waals surface area contributed by atoms with Crippen LogP contribution in [0.1, 0.15) is 48.0 Å². The van der Waals surface area contributed by atoms with Crippen LogP contribution in [0.5, 0.6) is 0 Å². The maximum Gasteiger partial charge on any atom is 0.251 e. The summed E-state index contributed by atoms with van der Waals surface area (Å²) in [5.41, 5.74) is 1.77. The van der Waals surface area contributed by atoms with Crippen molar-refractivity contribution in [2.45, 2.75) is 44.6 Å². The number of hydrogen-bond donors (Lipinski definition) is 1. The van der Waals surface area contributed by atoms with E-state index in [4.69, 9.17) is 0 Å². The molecule has 0 atom stereocenters. The van der Waals surface area contributed by atoms with Crippen LogP contribution in [-0.4, -0.2) is 16.8 Å². The standard InChI is InChI=1S/C15H19Br2NO/c1-11-9-12(5-6-13(11)17)14(19)18-15(10-16)7-3-2-4-8-15/h5-6,9H,2-4,7-8,10H2,1H3,(H,18,19). The van der Waals surface area contributed by atoms with Crippen LogP contribution in [0, 0.1) is 6.92 Å². The molecule has 0 heterocycles. The maximum atomic E-state index is 12.4. The molecule has 1 aliphatic carbocycles. The van der Waals surface area contributed by atoms with Crippen molar-refractivity contribution in [1.82, 2.24) is 5.32 Å². The average molecular weight is 389 g/mol. The number of aryl methyl sites for hydroxylation is 1. The summed E-state index contributed by atoms with van der Waals surface area (Å²) in [6, 6.07) is 5.74. The van der Waals surface area contributed by atoms with E-state index in [0.717, 1.165) is 33.8 Å². The highest BCUT2D eigenvalue weighted by Crippen LogP contribution is 2.30. The first kappa shape index (κ1) is 15.0. The Bertz CT molecular complexity index is 467. The fraction of sp³-hybridized carbons (Fsp3) is 0.533. The van der Waals surface area contributed by atoms with Gasteiger partial charge in [0, 0.05) is 15.4 Å². The first-order chi connectivity index (χ1) is 9.06. The van der Waals surface area contributed by atoms with E-state index in [1.807, 2.05) is 25.1 Å². The van der Waals surface area contributed by atoms with Crippen LogP contribution in [0.3, 0.4) is 0 Å². The molecule has 1 aliphatic rings. The van der Waals surface area contributed by atoms with Gasteiger partial charge in [0.15, 0.2) is 0 Å². The summed E-state index contributed by atoms with van der Waals surface area (Å²) in [5.74, 6) is 0.0388. The van der Waals surface area contributed by atoms with Gasteiger partial charge in [-0.3, -0.25) is 4.79 Å². The zero-order valence-electron chi connectivity index (χ0n) is 11.1. The van der Waals surface area contributed by atoms with Crippen molar-refractivity contribution in [2.75, 3.05) is 5.33 Å². The van der Waals surface area contributed by atoms with E-state index in [-0.39, 0.29) is 11.4 Å². The maximum absolute atomic E-state index is 12.4. The number of amides is 1. The van der Waals surface area contributed by atoms with E-state index < -0.39 is 0 Å². The van der Waals surface area contributed by atoms with Gasteiger partial charge in [-0.25, -0.2) is 0 Å². The summed E-state index contributed by atoms with van der Waals surface area (Å²) < 4.78 is 1.04. The van der Waals surface area contributed by atoms with Crippen LogP contribution < -0.4 is 5.32 Å². The molecule has 2 nitrogen and oxygen atoms in total. The summed E-state index contributed by atoms with van der Waals surface area (Å²) in [7, 11) is 0. The largest absolute Gasteiger partial charge is 0.346 e. The lowest BCUT2D eigenvalue weighted by Crippen LogP contribution is -2.51. The molecule has 104 valence electrons. The third-order valence-electron chi connectivity index (χ3n) is 3.87. The summed E-state index contributed by atoms with van der Waals surface area (Å²) in [4.78, 5) is 12.4. The number of rotatable bonds is 3. The van der Waals surface area contributed by atoms with Gasteiger partial charge in [-0.2, -0.15) is 0 Å². The smallest absolute Gasteiger partial charge is 0.251 e. The summed E-state index contributed by atoms with van der Waals surface area (Å²) in [6.07, 6.45) is 5.82. The molecule has 0 aliphatic heterocycles. The van der Waals surface area contributed by atoms with Crippen molar-refractivity contribution in [3.63, 3.8) is 0 Å². The molecular formula is C15H19Br2NO. The number of carbonyl (C=O) groups excluding carboxylic acids is 1. The molecule has 1 fully saturated rings. The predicted molar refractivity (Wildman–Crippen MR) is 86.0 cm³/mol. The minimum atomic E-state index is -0.0592. The van der Waals surface area contributed by atoms with Gasteiger partial charge >= 0.3 is 0 Å². The van der Waals surface area contributed by atoms with Crippen molar-refractivity contribution in [2.24, 2.45) is 0 Å². The molecule has 0 unspecified atom stereocenters. The molecule has 4 heteroatoms. The van der Waals surface area contributed by atoms with E-state index >= 15 is 0 Å². The Hall–Kier alpha value is -0.350. The molecule has 0 radical (unpaired) electrons. The lowest BCUT2D eigenvalue weighted by atomic mass is 9.83. The lowest BCUT2D eigenvalue weighted by Gasteiger charge is -2.36. The van der Waals surface area contributed by atoms with Crippen LogP contribution in [-0.2, 0) is 0 Å². The molecule has 1 aromatic carbocycles. The topological polar surface area (TPSA) is 29.1 Å². The van der Waals surface area contributed by atoms with Crippen molar-refractivity contribution in [3.8, 4) is 0 Å². The SMILES string of the molecule is Cc1cc(C(=O)NC2(CBr)CCCCC2)ccc1Br. The quantitative estimate of drug-likeness (QED) is 0.754. The zero-order chi connectivity index (χ0) is 13.9. The van der Waals surface area contributed by atoms with Crippen LogP contribution in [0.25, 0.3) is 0 Å². The second-order valence-corrected chi connectivity index (χ2v) is 6.81. The van der Waals surface area contributed by atoms with E-state index in [2.05, 4.69) is 37.2 Å². The van der Waals surface area contributed by atoms with Gasteiger partial charge in [0.1, 0.15) is 0 Å². The van der Waals surface area contributed by atoms with Gasteiger partial charge in [-0.15, -0.1) is 0 Å². The van der Waals surface area contributed by atoms with E-state index in [0.29, 0.717) is 0 Å². The Morgan fingerprint density at radius 2 is 2.00 bits per heavy atom. The Kier molecular flexibility index (Phi) is 5.07. The predicted octanol–water partition coefficient (Wildman–Crippen LogP) is 4.59. The number of halogens is 2. The molecule has 2 rings (SSSR count). The van der Waals surface area contributed by atoms with Crippen LogP contribution in [0.15, 0.2) is 22.7 Å². The summed E-state index contributed by atoms with van der Waals surface area (Å²) in [5, 5.41) is 4.08. The first-order valence-corrected chi connectivity index (χ1v) is 8.62. The molecule has 1 saturated carbocycles. The van der Waals surface area contributed by atoms with Crippen molar-refractivity contribution >= 4 is 37.8 Å². The van der Waals surface area contributed by atoms with Gasteiger partial charge in [0.25, 0.3) is 5.91 Å². The highest BCUT2D eigenvalue weighted by atomic mass is 79.9. The number of benzene rings is 1. The number of alkyl halides is 1. The Balaban J connectivity index is 2.12. The van der Waals surface area contributed by atoms with E-state index in [1.165, 1.54) is 19.3 Å². The Morgan fingerprint density at radius 1 is 1.32 bits per heavy atom.